The minimum Gasteiger partial charge on any atom is -0.394 e. The van der Waals surface area contributed by atoms with E-state index in [0.717, 1.165) is 25.8 Å². The van der Waals surface area contributed by atoms with Gasteiger partial charge in [0.2, 0.25) is 0 Å². The fourth-order valence-corrected chi connectivity index (χ4v) is 3.57. The van der Waals surface area contributed by atoms with Crippen molar-refractivity contribution in [1.82, 2.24) is 4.90 Å². The summed E-state index contributed by atoms with van der Waals surface area (Å²) in [5.74, 6) is 0.684. The van der Waals surface area contributed by atoms with Gasteiger partial charge in [0.15, 0.2) is 0 Å². The van der Waals surface area contributed by atoms with Crippen LogP contribution in [0.3, 0.4) is 0 Å². The summed E-state index contributed by atoms with van der Waals surface area (Å²) in [6.07, 6.45) is 6.72. The highest BCUT2D eigenvalue weighted by molar-refractivity contribution is 4.95. The summed E-state index contributed by atoms with van der Waals surface area (Å²) in [5.41, 5.74) is 5.98. The lowest BCUT2D eigenvalue weighted by Crippen LogP contribution is -2.55. The van der Waals surface area contributed by atoms with Crippen LogP contribution in [0.5, 0.6) is 0 Å². The van der Waals surface area contributed by atoms with E-state index in [1.165, 1.54) is 19.3 Å². The highest BCUT2D eigenvalue weighted by Crippen LogP contribution is 2.31. The molecule has 0 bridgehead atoms. The summed E-state index contributed by atoms with van der Waals surface area (Å²) in [5, 5.41) is 9.54. The summed E-state index contributed by atoms with van der Waals surface area (Å²) < 4.78 is 0. The fraction of sp³-hybridized carbons (Fsp3) is 1.00. The largest absolute Gasteiger partial charge is 0.394 e. The smallest absolute Gasteiger partial charge is 0.0611 e. The standard InChI is InChI=1S/C16H34N2O/c1-5-14(6-2)18(11-13(3)4)15-8-7-9-16(17,10-15)12-19/h13-15,19H,5-12,17H2,1-4H3. The van der Waals surface area contributed by atoms with E-state index in [1.54, 1.807) is 0 Å². The Morgan fingerprint density at radius 3 is 2.42 bits per heavy atom. The van der Waals surface area contributed by atoms with E-state index in [1.807, 2.05) is 0 Å². The second kappa shape index (κ2) is 7.61. The monoisotopic (exact) mass is 270 g/mol. The predicted octanol–water partition coefficient (Wildman–Crippen LogP) is 2.77. The molecule has 2 atom stereocenters. The lowest BCUT2D eigenvalue weighted by Gasteiger charge is -2.45. The number of hydrogen-bond acceptors (Lipinski definition) is 3. The van der Waals surface area contributed by atoms with E-state index in [-0.39, 0.29) is 12.1 Å². The highest BCUT2D eigenvalue weighted by atomic mass is 16.3. The van der Waals surface area contributed by atoms with Gasteiger partial charge in [0, 0.05) is 24.2 Å². The molecule has 3 heteroatoms. The maximum absolute atomic E-state index is 9.54. The van der Waals surface area contributed by atoms with Crippen LogP contribution in [0.25, 0.3) is 0 Å². The minimum absolute atomic E-state index is 0.127. The Balaban J connectivity index is 2.78. The van der Waals surface area contributed by atoms with Gasteiger partial charge in [0.05, 0.1) is 6.61 Å². The fourth-order valence-electron chi connectivity index (χ4n) is 3.57. The van der Waals surface area contributed by atoms with Gasteiger partial charge in [-0.2, -0.15) is 0 Å². The van der Waals surface area contributed by atoms with E-state index in [9.17, 15) is 5.11 Å². The molecule has 0 aromatic heterocycles. The minimum atomic E-state index is -0.343. The number of aliphatic hydroxyl groups excluding tert-OH is 1. The summed E-state index contributed by atoms with van der Waals surface area (Å²) in [6, 6.07) is 1.21. The Kier molecular flexibility index (Phi) is 6.78. The molecule has 0 aliphatic heterocycles. The Labute approximate surface area is 119 Å². The zero-order valence-corrected chi connectivity index (χ0v) is 13.4. The molecule has 0 amide bonds. The van der Waals surface area contributed by atoms with Crippen molar-refractivity contribution < 1.29 is 5.11 Å². The van der Waals surface area contributed by atoms with Gasteiger partial charge in [0.1, 0.15) is 0 Å². The lowest BCUT2D eigenvalue weighted by atomic mass is 9.79. The highest BCUT2D eigenvalue weighted by Gasteiger charge is 2.36. The van der Waals surface area contributed by atoms with Gasteiger partial charge < -0.3 is 10.8 Å². The van der Waals surface area contributed by atoms with Crippen molar-refractivity contribution in [3.05, 3.63) is 0 Å². The maximum Gasteiger partial charge on any atom is 0.0611 e. The third-order valence-electron chi connectivity index (χ3n) is 4.63. The SMILES string of the molecule is CCC(CC)N(CC(C)C)C1CCCC(N)(CO)C1. The molecule has 0 aromatic carbocycles. The molecule has 0 spiro atoms. The van der Waals surface area contributed by atoms with Gasteiger partial charge in [-0.05, 0) is 44.4 Å². The Hall–Kier alpha value is -0.120. The molecule has 114 valence electrons. The maximum atomic E-state index is 9.54. The molecule has 1 saturated carbocycles. The summed E-state index contributed by atoms with van der Waals surface area (Å²) >= 11 is 0. The molecular formula is C16H34N2O. The number of hydrogen-bond donors (Lipinski definition) is 2. The molecule has 1 rings (SSSR count). The Morgan fingerprint density at radius 1 is 1.32 bits per heavy atom. The van der Waals surface area contributed by atoms with Gasteiger partial charge in [-0.1, -0.05) is 27.7 Å². The summed E-state index contributed by atoms with van der Waals surface area (Å²) in [4.78, 5) is 2.68. The quantitative estimate of drug-likeness (QED) is 0.748. The molecule has 0 aromatic rings. The van der Waals surface area contributed by atoms with Crippen molar-refractivity contribution in [2.75, 3.05) is 13.2 Å². The number of aliphatic hydroxyl groups is 1. The van der Waals surface area contributed by atoms with Crippen LogP contribution in [0, 0.1) is 5.92 Å². The van der Waals surface area contributed by atoms with Crippen LogP contribution in [0.1, 0.15) is 66.2 Å². The van der Waals surface area contributed by atoms with Crippen molar-refractivity contribution >= 4 is 0 Å². The molecule has 0 heterocycles. The zero-order valence-electron chi connectivity index (χ0n) is 13.4. The normalized spacial score (nSPS) is 28.6. The van der Waals surface area contributed by atoms with Crippen molar-refractivity contribution in [3.63, 3.8) is 0 Å². The molecule has 3 N–H and O–H groups in total. The number of rotatable bonds is 7. The number of nitrogens with two attached hydrogens (primary N) is 1. The molecular weight excluding hydrogens is 236 g/mol. The molecule has 1 fully saturated rings. The third kappa shape index (κ3) is 4.73. The van der Waals surface area contributed by atoms with E-state index in [0.29, 0.717) is 18.0 Å². The van der Waals surface area contributed by atoms with Crippen molar-refractivity contribution in [1.29, 1.82) is 0 Å². The second-order valence-corrected chi connectivity index (χ2v) is 6.83. The van der Waals surface area contributed by atoms with Crippen LogP contribution in [0.15, 0.2) is 0 Å². The predicted molar refractivity (Wildman–Crippen MR) is 82.2 cm³/mol. The number of nitrogens with zero attached hydrogens (tertiary/aromatic N) is 1. The van der Waals surface area contributed by atoms with Crippen LogP contribution >= 0.6 is 0 Å². The molecule has 2 unspecified atom stereocenters. The van der Waals surface area contributed by atoms with Gasteiger partial charge in [-0.15, -0.1) is 0 Å². The van der Waals surface area contributed by atoms with E-state index < -0.39 is 0 Å². The zero-order chi connectivity index (χ0) is 14.5. The van der Waals surface area contributed by atoms with Crippen LogP contribution in [0.4, 0.5) is 0 Å². The summed E-state index contributed by atoms with van der Waals surface area (Å²) in [6.45, 7) is 10.4. The van der Waals surface area contributed by atoms with E-state index in [4.69, 9.17) is 5.73 Å². The first-order chi connectivity index (χ1) is 8.95. The van der Waals surface area contributed by atoms with Crippen LogP contribution in [0.2, 0.25) is 0 Å². The Bertz CT molecular complexity index is 253. The first-order valence-electron chi connectivity index (χ1n) is 8.11. The average Bonchev–Trinajstić information content (AvgIpc) is 2.38. The second-order valence-electron chi connectivity index (χ2n) is 6.83. The third-order valence-corrected chi connectivity index (χ3v) is 4.63. The van der Waals surface area contributed by atoms with Crippen molar-refractivity contribution in [2.24, 2.45) is 11.7 Å². The molecule has 0 saturated heterocycles. The van der Waals surface area contributed by atoms with Crippen LogP contribution in [-0.4, -0.2) is 40.8 Å². The van der Waals surface area contributed by atoms with Crippen LogP contribution in [-0.2, 0) is 0 Å². The van der Waals surface area contributed by atoms with E-state index in [2.05, 4.69) is 32.6 Å². The molecule has 19 heavy (non-hydrogen) atoms. The van der Waals surface area contributed by atoms with Crippen LogP contribution < -0.4 is 5.73 Å². The molecule has 1 aliphatic rings. The first kappa shape index (κ1) is 16.9. The Morgan fingerprint density at radius 2 is 1.95 bits per heavy atom. The van der Waals surface area contributed by atoms with Gasteiger partial charge in [0.25, 0.3) is 0 Å². The summed E-state index contributed by atoms with van der Waals surface area (Å²) in [7, 11) is 0. The van der Waals surface area contributed by atoms with Crippen molar-refractivity contribution in [2.45, 2.75) is 83.8 Å². The van der Waals surface area contributed by atoms with E-state index >= 15 is 0 Å². The van der Waals surface area contributed by atoms with Gasteiger partial charge >= 0.3 is 0 Å². The van der Waals surface area contributed by atoms with Gasteiger partial charge in [-0.25, -0.2) is 0 Å². The lowest BCUT2D eigenvalue weighted by molar-refractivity contribution is 0.0436. The molecule has 1 aliphatic carbocycles. The molecule has 3 nitrogen and oxygen atoms in total. The van der Waals surface area contributed by atoms with Crippen molar-refractivity contribution in [3.8, 4) is 0 Å². The van der Waals surface area contributed by atoms with Gasteiger partial charge in [-0.3, -0.25) is 4.90 Å². The average molecular weight is 270 g/mol. The topological polar surface area (TPSA) is 49.5 Å². The first-order valence-corrected chi connectivity index (χ1v) is 8.11. The molecule has 0 radical (unpaired) electrons.